The number of nitrogens with zero attached hydrogens (tertiary/aromatic N) is 3. The summed E-state index contributed by atoms with van der Waals surface area (Å²) in [5, 5.41) is 11.1. The maximum atomic E-state index is 12.7. The summed E-state index contributed by atoms with van der Waals surface area (Å²) in [6.07, 6.45) is 4.16. The Morgan fingerprint density at radius 3 is 2.52 bits per heavy atom. The Kier molecular flexibility index (Phi) is 4.95. The first kappa shape index (κ1) is 17.3. The van der Waals surface area contributed by atoms with Crippen LogP contribution < -0.4 is 4.74 Å². The van der Waals surface area contributed by atoms with E-state index < -0.39 is 20.6 Å². The van der Waals surface area contributed by atoms with E-state index in [-0.39, 0.29) is 24.1 Å². The van der Waals surface area contributed by atoms with Gasteiger partial charge in [0.2, 0.25) is 10.0 Å². The molecule has 2 heterocycles. The van der Waals surface area contributed by atoms with Crippen LogP contribution in [-0.4, -0.2) is 41.8 Å². The van der Waals surface area contributed by atoms with Crippen molar-refractivity contribution in [3.63, 3.8) is 0 Å². The van der Waals surface area contributed by atoms with Crippen LogP contribution >= 0.6 is 0 Å². The number of benzene rings is 1. The van der Waals surface area contributed by atoms with E-state index in [0.717, 1.165) is 0 Å². The van der Waals surface area contributed by atoms with E-state index in [9.17, 15) is 18.5 Å². The van der Waals surface area contributed by atoms with Crippen molar-refractivity contribution in [2.75, 3.05) is 13.1 Å². The SMILES string of the molecule is O=[N+]([O-])c1ccccc1S(=O)(=O)N1CCC(Oc2cccnc2)CC1. The Morgan fingerprint density at radius 1 is 1.16 bits per heavy atom. The van der Waals surface area contributed by atoms with Gasteiger partial charge >= 0.3 is 0 Å². The number of sulfonamides is 1. The zero-order chi connectivity index (χ0) is 17.9. The minimum absolute atomic E-state index is 0.110. The molecule has 1 fully saturated rings. The lowest BCUT2D eigenvalue weighted by molar-refractivity contribution is -0.387. The molecule has 25 heavy (non-hydrogen) atoms. The third kappa shape index (κ3) is 3.77. The molecule has 0 saturated carbocycles. The van der Waals surface area contributed by atoms with E-state index in [0.29, 0.717) is 18.6 Å². The summed E-state index contributed by atoms with van der Waals surface area (Å²) in [7, 11) is -3.91. The molecule has 1 saturated heterocycles. The number of ether oxygens (including phenoxy) is 1. The van der Waals surface area contributed by atoms with Crippen LogP contribution in [0.3, 0.4) is 0 Å². The van der Waals surface area contributed by atoms with Crippen molar-refractivity contribution in [1.82, 2.24) is 9.29 Å². The number of hydrogen-bond acceptors (Lipinski definition) is 6. The van der Waals surface area contributed by atoms with E-state index in [4.69, 9.17) is 4.74 Å². The summed E-state index contributed by atoms with van der Waals surface area (Å²) in [6, 6.07) is 8.97. The molecule has 2 aromatic rings. The Bertz CT molecular complexity index is 849. The van der Waals surface area contributed by atoms with Crippen LogP contribution in [0.5, 0.6) is 5.75 Å². The molecule has 0 aliphatic carbocycles. The monoisotopic (exact) mass is 363 g/mol. The molecule has 8 nitrogen and oxygen atoms in total. The molecule has 0 spiro atoms. The van der Waals surface area contributed by atoms with Gasteiger partial charge in [0.15, 0.2) is 4.90 Å². The number of hydrogen-bond donors (Lipinski definition) is 0. The first-order valence-electron chi connectivity index (χ1n) is 7.79. The molecule has 132 valence electrons. The first-order valence-corrected chi connectivity index (χ1v) is 9.23. The summed E-state index contributed by atoms with van der Waals surface area (Å²) in [5.41, 5.74) is -0.406. The van der Waals surface area contributed by atoms with E-state index >= 15 is 0 Å². The maximum Gasteiger partial charge on any atom is 0.289 e. The van der Waals surface area contributed by atoms with Crippen molar-refractivity contribution in [3.8, 4) is 5.75 Å². The largest absolute Gasteiger partial charge is 0.489 e. The van der Waals surface area contributed by atoms with Gasteiger partial charge in [0.05, 0.1) is 11.1 Å². The highest BCUT2D eigenvalue weighted by atomic mass is 32.2. The van der Waals surface area contributed by atoms with Crippen molar-refractivity contribution < 1.29 is 18.1 Å². The molecule has 0 bridgehead atoms. The lowest BCUT2D eigenvalue weighted by atomic mass is 10.1. The Labute approximate surface area is 145 Å². The second kappa shape index (κ2) is 7.16. The van der Waals surface area contributed by atoms with Gasteiger partial charge in [-0.1, -0.05) is 12.1 Å². The maximum absolute atomic E-state index is 12.7. The minimum Gasteiger partial charge on any atom is -0.489 e. The van der Waals surface area contributed by atoms with Crippen molar-refractivity contribution in [2.24, 2.45) is 0 Å². The zero-order valence-electron chi connectivity index (χ0n) is 13.3. The van der Waals surface area contributed by atoms with Crippen LogP contribution in [0, 0.1) is 10.1 Å². The topological polar surface area (TPSA) is 103 Å². The van der Waals surface area contributed by atoms with Crippen LogP contribution in [0.4, 0.5) is 5.69 Å². The second-order valence-electron chi connectivity index (χ2n) is 5.63. The smallest absolute Gasteiger partial charge is 0.289 e. The lowest BCUT2D eigenvalue weighted by Gasteiger charge is -2.31. The summed E-state index contributed by atoms with van der Waals surface area (Å²) in [4.78, 5) is 14.1. The number of nitro benzene ring substituents is 1. The molecule has 0 atom stereocenters. The molecule has 9 heteroatoms. The molecule has 1 aliphatic rings. The zero-order valence-corrected chi connectivity index (χ0v) is 14.1. The van der Waals surface area contributed by atoms with Crippen molar-refractivity contribution in [2.45, 2.75) is 23.8 Å². The summed E-state index contributed by atoms with van der Waals surface area (Å²) in [5.74, 6) is 0.641. The fourth-order valence-electron chi connectivity index (χ4n) is 2.76. The van der Waals surface area contributed by atoms with Crippen molar-refractivity contribution in [3.05, 3.63) is 58.9 Å². The summed E-state index contributed by atoms with van der Waals surface area (Å²) in [6.45, 7) is 0.499. The fraction of sp³-hybridized carbons (Fsp3) is 0.312. The quantitative estimate of drug-likeness (QED) is 0.596. The van der Waals surface area contributed by atoms with E-state index in [2.05, 4.69) is 4.98 Å². The molecule has 0 radical (unpaired) electrons. The van der Waals surface area contributed by atoms with Gasteiger partial charge in [-0.15, -0.1) is 0 Å². The molecule has 1 aliphatic heterocycles. The minimum atomic E-state index is -3.91. The highest BCUT2D eigenvalue weighted by molar-refractivity contribution is 7.89. The Morgan fingerprint density at radius 2 is 1.88 bits per heavy atom. The molecule has 0 amide bonds. The number of piperidine rings is 1. The van der Waals surface area contributed by atoms with Crippen LogP contribution in [0.25, 0.3) is 0 Å². The van der Waals surface area contributed by atoms with Gasteiger partial charge in [-0.2, -0.15) is 4.31 Å². The highest BCUT2D eigenvalue weighted by Gasteiger charge is 2.34. The number of aromatic nitrogens is 1. The predicted octanol–water partition coefficient (Wildman–Crippen LogP) is 2.22. The van der Waals surface area contributed by atoms with E-state index in [1.807, 2.05) is 0 Å². The van der Waals surface area contributed by atoms with Crippen molar-refractivity contribution >= 4 is 15.7 Å². The molecule has 1 aromatic carbocycles. The van der Waals surface area contributed by atoms with Crippen LogP contribution in [-0.2, 0) is 10.0 Å². The average molecular weight is 363 g/mol. The van der Waals surface area contributed by atoms with Crippen LogP contribution in [0.2, 0.25) is 0 Å². The van der Waals surface area contributed by atoms with Crippen LogP contribution in [0.1, 0.15) is 12.8 Å². The Hall–Kier alpha value is -2.52. The first-order chi connectivity index (χ1) is 12.0. The molecule has 3 rings (SSSR count). The van der Waals surface area contributed by atoms with E-state index in [1.165, 1.54) is 28.6 Å². The number of nitro groups is 1. The normalized spacial score (nSPS) is 16.5. The Balaban J connectivity index is 1.71. The molecule has 0 unspecified atom stereocenters. The van der Waals surface area contributed by atoms with Gasteiger partial charge in [-0.25, -0.2) is 8.42 Å². The van der Waals surface area contributed by atoms with Gasteiger partial charge < -0.3 is 4.74 Å². The third-order valence-corrected chi connectivity index (χ3v) is 5.96. The fourth-order valence-corrected chi connectivity index (χ4v) is 4.39. The molecule has 1 aromatic heterocycles. The van der Waals surface area contributed by atoms with Gasteiger partial charge in [-0.05, 0) is 31.0 Å². The van der Waals surface area contributed by atoms with E-state index in [1.54, 1.807) is 24.5 Å². The average Bonchev–Trinajstić information content (AvgIpc) is 2.63. The number of rotatable bonds is 5. The second-order valence-corrected chi connectivity index (χ2v) is 7.54. The third-order valence-electron chi connectivity index (χ3n) is 4.02. The number of para-hydroxylation sites is 1. The molecular formula is C16H17N3O5S. The van der Waals surface area contributed by atoms with Gasteiger partial charge in [-0.3, -0.25) is 15.1 Å². The molecule has 0 N–H and O–H groups in total. The summed E-state index contributed by atoms with van der Waals surface area (Å²) >= 11 is 0. The van der Waals surface area contributed by atoms with Gasteiger partial charge in [0.1, 0.15) is 11.9 Å². The van der Waals surface area contributed by atoms with Crippen molar-refractivity contribution in [1.29, 1.82) is 0 Å². The standard InChI is InChI=1S/C16H17N3O5S/c20-19(21)15-5-1-2-6-16(15)25(22,23)18-10-7-13(8-11-18)24-14-4-3-9-17-12-14/h1-6,9,12-13H,7-8,10-11H2. The van der Waals surface area contributed by atoms with Crippen LogP contribution in [0.15, 0.2) is 53.7 Å². The van der Waals surface area contributed by atoms with Gasteiger partial charge in [0, 0.05) is 25.4 Å². The lowest BCUT2D eigenvalue weighted by Crippen LogP contribution is -2.41. The number of pyridine rings is 1. The molecular weight excluding hydrogens is 346 g/mol. The van der Waals surface area contributed by atoms with Gasteiger partial charge in [0.25, 0.3) is 5.69 Å². The summed E-state index contributed by atoms with van der Waals surface area (Å²) < 4.78 is 32.6. The highest BCUT2D eigenvalue weighted by Crippen LogP contribution is 2.28. The predicted molar refractivity (Wildman–Crippen MR) is 89.7 cm³/mol.